The fourth-order valence-corrected chi connectivity index (χ4v) is 2.40. The summed E-state index contributed by atoms with van der Waals surface area (Å²) in [4.78, 5) is 13.8. The van der Waals surface area contributed by atoms with Crippen LogP contribution in [0.3, 0.4) is 0 Å². The Morgan fingerprint density at radius 1 is 1.42 bits per heavy atom. The Kier molecular flexibility index (Phi) is 5.19. The molecule has 5 heteroatoms. The van der Waals surface area contributed by atoms with Crippen LogP contribution in [0.25, 0.3) is 0 Å². The molecule has 1 aromatic carbocycles. The zero-order chi connectivity index (χ0) is 13.7. The summed E-state index contributed by atoms with van der Waals surface area (Å²) >= 11 is 6.13. The van der Waals surface area contributed by atoms with Crippen molar-refractivity contribution >= 4 is 17.5 Å². The minimum Gasteiger partial charge on any atom is -0.378 e. The molecule has 0 spiro atoms. The van der Waals surface area contributed by atoms with Crippen molar-refractivity contribution in [3.05, 3.63) is 34.9 Å². The summed E-state index contributed by atoms with van der Waals surface area (Å²) in [6.45, 7) is 4.96. The number of hydrogen-bond donors (Lipinski definition) is 1. The molecule has 104 valence electrons. The van der Waals surface area contributed by atoms with E-state index in [0.717, 1.165) is 10.6 Å². The van der Waals surface area contributed by atoms with Crippen molar-refractivity contribution in [2.75, 3.05) is 32.8 Å². The second-order valence-corrected chi connectivity index (χ2v) is 5.02. The number of benzene rings is 1. The van der Waals surface area contributed by atoms with Gasteiger partial charge >= 0.3 is 0 Å². The average Bonchev–Trinajstić information content (AvgIpc) is 2.46. The van der Waals surface area contributed by atoms with Crippen LogP contribution < -0.4 is 5.32 Å². The van der Waals surface area contributed by atoms with Gasteiger partial charge in [-0.2, -0.15) is 0 Å². The van der Waals surface area contributed by atoms with Gasteiger partial charge in [0.25, 0.3) is 0 Å². The Morgan fingerprint density at radius 2 is 2.11 bits per heavy atom. The van der Waals surface area contributed by atoms with Crippen molar-refractivity contribution in [3.63, 3.8) is 0 Å². The molecule has 1 atom stereocenters. The first-order chi connectivity index (χ1) is 9.18. The van der Waals surface area contributed by atoms with Gasteiger partial charge in [-0.05, 0) is 18.6 Å². The number of nitrogens with one attached hydrogen (secondary N) is 1. The minimum atomic E-state index is 0.0543. The topological polar surface area (TPSA) is 41.6 Å². The first kappa shape index (κ1) is 14.3. The summed E-state index contributed by atoms with van der Waals surface area (Å²) in [7, 11) is 0. The van der Waals surface area contributed by atoms with Gasteiger partial charge in [-0.3, -0.25) is 4.79 Å². The first-order valence-corrected chi connectivity index (χ1v) is 6.89. The molecule has 0 saturated carbocycles. The van der Waals surface area contributed by atoms with E-state index < -0.39 is 0 Å². The van der Waals surface area contributed by atoms with E-state index in [1.807, 2.05) is 36.1 Å². The predicted molar refractivity (Wildman–Crippen MR) is 75.3 cm³/mol. The Balaban J connectivity index is 1.84. The van der Waals surface area contributed by atoms with E-state index in [2.05, 4.69) is 5.32 Å². The maximum atomic E-state index is 12.0. The predicted octanol–water partition coefficient (Wildman–Crippen LogP) is 1.85. The van der Waals surface area contributed by atoms with Gasteiger partial charge < -0.3 is 15.0 Å². The SMILES string of the molecule is C[C@H](NCC(=O)N1CCOCC1)c1ccccc1Cl. The van der Waals surface area contributed by atoms with Gasteiger partial charge in [0.1, 0.15) is 0 Å². The maximum absolute atomic E-state index is 12.0. The fraction of sp³-hybridized carbons (Fsp3) is 0.500. The largest absolute Gasteiger partial charge is 0.378 e. The summed E-state index contributed by atoms with van der Waals surface area (Å²) in [5.41, 5.74) is 1.01. The standard InChI is InChI=1S/C14H19ClN2O2/c1-11(12-4-2-3-5-13(12)15)16-10-14(18)17-6-8-19-9-7-17/h2-5,11,16H,6-10H2,1H3/t11-/m0/s1. The zero-order valence-electron chi connectivity index (χ0n) is 11.1. The highest BCUT2D eigenvalue weighted by molar-refractivity contribution is 6.31. The van der Waals surface area contributed by atoms with Gasteiger partial charge in [0.2, 0.25) is 5.91 Å². The number of nitrogens with zero attached hydrogens (tertiary/aromatic N) is 1. The van der Waals surface area contributed by atoms with Crippen LogP contribution in [0.1, 0.15) is 18.5 Å². The summed E-state index contributed by atoms with van der Waals surface area (Å²) in [6.07, 6.45) is 0. The van der Waals surface area contributed by atoms with Gasteiger partial charge in [-0.1, -0.05) is 29.8 Å². The third-order valence-electron chi connectivity index (χ3n) is 3.29. The van der Waals surface area contributed by atoms with Crippen molar-refractivity contribution in [2.24, 2.45) is 0 Å². The fourth-order valence-electron chi connectivity index (χ4n) is 2.10. The Hall–Kier alpha value is -1.10. The molecular formula is C14H19ClN2O2. The van der Waals surface area contributed by atoms with Crippen LogP contribution in [0, 0.1) is 0 Å². The van der Waals surface area contributed by atoms with Gasteiger partial charge in [-0.25, -0.2) is 0 Å². The minimum absolute atomic E-state index is 0.0543. The normalized spacial score (nSPS) is 17.3. The molecule has 1 heterocycles. The number of rotatable bonds is 4. The highest BCUT2D eigenvalue weighted by Gasteiger charge is 2.17. The van der Waals surface area contributed by atoms with Gasteiger partial charge in [-0.15, -0.1) is 0 Å². The first-order valence-electron chi connectivity index (χ1n) is 6.52. The highest BCUT2D eigenvalue weighted by Crippen LogP contribution is 2.21. The van der Waals surface area contributed by atoms with E-state index in [-0.39, 0.29) is 11.9 Å². The monoisotopic (exact) mass is 282 g/mol. The molecular weight excluding hydrogens is 264 g/mol. The number of morpholine rings is 1. The number of ether oxygens (including phenoxy) is 1. The van der Waals surface area contributed by atoms with E-state index in [9.17, 15) is 4.79 Å². The van der Waals surface area contributed by atoms with E-state index in [1.165, 1.54) is 0 Å². The Labute approximate surface area is 118 Å². The van der Waals surface area contributed by atoms with Crippen LogP contribution in [0.4, 0.5) is 0 Å². The lowest BCUT2D eigenvalue weighted by Crippen LogP contribution is -2.45. The highest BCUT2D eigenvalue weighted by atomic mass is 35.5. The molecule has 1 aromatic rings. The molecule has 0 radical (unpaired) electrons. The van der Waals surface area contributed by atoms with Gasteiger partial charge in [0.05, 0.1) is 19.8 Å². The third kappa shape index (κ3) is 3.93. The maximum Gasteiger partial charge on any atom is 0.236 e. The summed E-state index contributed by atoms with van der Waals surface area (Å²) in [6, 6.07) is 7.73. The molecule has 2 rings (SSSR count). The van der Waals surface area contributed by atoms with E-state index in [4.69, 9.17) is 16.3 Å². The smallest absolute Gasteiger partial charge is 0.236 e. The second kappa shape index (κ2) is 6.89. The molecule has 0 bridgehead atoms. The molecule has 1 aliphatic heterocycles. The van der Waals surface area contributed by atoms with Crippen molar-refractivity contribution in [3.8, 4) is 0 Å². The summed E-state index contributed by atoms with van der Waals surface area (Å²) in [5, 5.41) is 3.94. The average molecular weight is 283 g/mol. The van der Waals surface area contributed by atoms with Crippen LogP contribution >= 0.6 is 11.6 Å². The second-order valence-electron chi connectivity index (χ2n) is 4.62. The molecule has 1 saturated heterocycles. The lowest BCUT2D eigenvalue weighted by atomic mass is 10.1. The number of hydrogen-bond acceptors (Lipinski definition) is 3. The molecule has 1 amide bonds. The molecule has 19 heavy (non-hydrogen) atoms. The number of amides is 1. The number of carbonyl (C=O) groups is 1. The molecule has 1 aliphatic rings. The Morgan fingerprint density at radius 3 is 2.79 bits per heavy atom. The number of halogens is 1. The summed E-state index contributed by atoms with van der Waals surface area (Å²) < 4.78 is 5.23. The Bertz CT molecular complexity index is 433. The van der Waals surface area contributed by atoms with Gasteiger partial charge in [0.15, 0.2) is 0 Å². The van der Waals surface area contributed by atoms with Crippen LogP contribution in [-0.2, 0) is 9.53 Å². The molecule has 0 aromatic heterocycles. The lowest BCUT2D eigenvalue weighted by molar-refractivity contribution is -0.134. The quantitative estimate of drug-likeness (QED) is 0.916. The lowest BCUT2D eigenvalue weighted by Gasteiger charge is -2.27. The van der Waals surface area contributed by atoms with E-state index >= 15 is 0 Å². The molecule has 4 nitrogen and oxygen atoms in total. The molecule has 1 fully saturated rings. The van der Waals surface area contributed by atoms with Crippen molar-refractivity contribution in [1.82, 2.24) is 10.2 Å². The zero-order valence-corrected chi connectivity index (χ0v) is 11.8. The van der Waals surface area contributed by atoms with Crippen LogP contribution in [0.2, 0.25) is 5.02 Å². The van der Waals surface area contributed by atoms with Crippen LogP contribution in [-0.4, -0.2) is 43.7 Å². The summed E-state index contributed by atoms with van der Waals surface area (Å²) in [5.74, 6) is 0.113. The number of carbonyl (C=O) groups excluding carboxylic acids is 1. The molecule has 0 unspecified atom stereocenters. The molecule has 0 aliphatic carbocycles. The van der Waals surface area contributed by atoms with Crippen molar-refractivity contribution in [1.29, 1.82) is 0 Å². The van der Waals surface area contributed by atoms with Crippen molar-refractivity contribution in [2.45, 2.75) is 13.0 Å². The van der Waals surface area contributed by atoms with Gasteiger partial charge in [0, 0.05) is 24.2 Å². The van der Waals surface area contributed by atoms with Crippen LogP contribution in [0.15, 0.2) is 24.3 Å². The van der Waals surface area contributed by atoms with Crippen molar-refractivity contribution < 1.29 is 9.53 Å². The third-order valence-corrected chi connectivity index (χ3v) is 3.64. The van der Waals surface area contributed by atoms with Crippen LogP contribution in [0.5, 0.6) is 0 Å². The van der Waals surface area contributed by atoms with E-state index in [0.29, 0.717) is 32.8 Å². The van der Waals surface area contributed by atoms with E-state index in [1.54, 1.807) is 0 Å². The molecule has 1 N–H and O–H groups in total.